The summed E-state index contributed by atoms with van der Waals surface area (Å²) < 4.78 is 32.7. The molecule has 150 valence electrons. The van der Waals surface area contributed by atoms with Crippen LogP contribution in [0.2, 0.25) is 0 Å². The van der Waals surface area contributed by atoms with E-state index in [1.807, 2.05) is 30.3 Å². The van der Waals surface area contributed by atoms with E-state index in [1.165, 1.54) is 0 Å². The molecule has 2 saturated heterocycles. The zero-order valence-electron chi connectivity index (χ0n) is 16.0. The number of hydrogen-bond donors (Lipinski definition) is 0. The quantitative estimate of drug-likeness (QED) is 0.781. The third kappa shape index (κ3) is 3.71. The Kier molecular flexibility index (Phi) is 5.25. The summed E-state index contributed by atoms with van der Waals surface area (Å²) in [4.78, 5) is 14.3. The molecule has 2 atom stereocenters. The number of nitrogens with zero attached hydrogens (tertiary/aromatic N) is 3. The van der Waals surface area contributed by atoms with E-state index in [1.54, 1.807) is 22.2 Å². The van der Waals surface area contributed by atoms with Gasteiger partial charge in [-0.2, -0.15) is 0 Å². The lowest BCUT2D eigenvalue weighted by molar-refractivity contribution is 0.0748. The fourth-order valence-electron chi connectivity index (χ4n) is 4.25. The van der Waals surface area contributed by atoms with Gasteiger partial charge in [-0.3, -0.25) is 4.79 Å². The Morgan fingerprint density at radius 3 is 2.68 bits per heavy atom. The van der Waals surface area contributed by atoms with Crippen LogP contribution < -0.4 is 0 Å². The van der Waals surface area contributed by atoms with Crippen LogP contribution in [0.25, 0.3) is 0 Å². The molecule has 0 saturated carbocycles. The summed E-state index contributed by atoms with van der Waals surface area (Å²) in [6.45, 7) is 3.78. The smallest absolute Gasteiger partial charge is 0.276 e. The molecule has 0 unspecified atom stereocenters. The van der Waals surface area contributed by atoms with E-state index in [0.717, 1.165) is 12.0 Å². The first-order chi connectivity index (χ1) is 13.4. The third-order valence-electron chi connectivity index (χ3n) is 5.79. The summed E-state index contributed by atoms with van der Waals surface area (Å²) >= 11 is 0. The molecule has 8 heteroatoms. The topological polar surface area (TPSA) is 83.7 Å². The van der Waals surface area contributed by atoms with E-state index in [-0.39, 0.29) is 17.5 Å². The number of carbonyl (C=O) groups excluding carboxylic acids is 1. The molecule has 1 aromatic carbocycles. The molecule has 3 heterocycles. The molecule has 2 fully saturated rings. The predicted octanol–water partition coefficient (Wildman–Crippen LogP) is 2.09. The van der Waals surface area contributed by atoms with E-state index < -0.39 is 15.3 Å². The minimum absolute atomic E-state index is 0.0672. The summed E-state index contributed by atoms with van der Waals surface area (Å²) in [6, 6.07) is 11.6. The van der Waals surface area contributed by atoms with Gasteiger partial charge in [0.05, 0.1) is 5.25 Å². The molecule has 0 aliphatic carbocycles. The van der Waals surface area contributed by atoms with Gasteiger partial charge >= 0.3 is 0 Å². The van der Waals surface area contributed by atoms with Gasteiger partial charge in [-0.25, -0.2) is 12.7 Å². The van der Waals surface area contributed by atoms with Crippen LogP contribution >= 0.6 is 0 Å². The van der Waals surface area contributed by atoms with E-state index >= 15 is 0 Å². The molecule has 0 spiro atoms. The van der Waals surface area contributed by atoms with Crippen LogP contribution in [0.3, 0.4) is 0 Å². The zero-order valence-corrected chi connectivity index (χ0v) is 16.8. The number of amides is 1. The minimum Gasteiger partial charge on any atom is -0.361 e. The van der Waals surface area contributed by atoms with Crippen molar-refractivity contribution in [1.29, 1.82) is 0 Å². The Bertz CT molecular complexity index is 941. The van der Waals surface area contributed by atoms with Crippen molar-refractivity contribution in [3.63, 3.8) is 0 Å². The largest absolute Gasteiger partial charge is 0.361 e. The van der Waals surface area contributed by atoms with Gasteiger partial charge in [0, 0.05) is 32.2 Å². The lowest BCUT2D eigenvalue weighted by Crippen LogP contribution is -2.35. The molecule has 7 nitrogen and oxygen atoms in total. The number of fused-ring (bicyclic) bond motifs is 1. The monoisotopic (exact) mass is 403 g/mol. The van der Waals surface area contributed by atoms with Crippen molar-refractivity contribution >= 4 is 15.9 Å². The number of rotatable bonds is 4. The number of hydrogen-bond acceptors (Lipinski definition) is 5. The summed E-state index contributed by atoms with van der Waals surface area (Å²) in [5.41, 5.74) is 1.43. The van der Waals surface area contributed by atoms with Crippen molar-refractivity contribution in [2.75, 3.05) is 26.2 Å². The van der Waals surface area contributed by atoms with Gasteiger partial charge in [0.1, 0.15) is 5.76 Å². The summed E-state index contributed by atoms with van der Waals surface area (Å²) in [5.74, 6) is 0.472. The average molecular weight is 404 g/mol. The van der Waals surface area contributed by atoms with Crippen LogP contribution in [0.15, 0.2) is 40.9 Å². The fourth-order valence-corrected chi connectivity index (χ4v) is 6.49. The fraction of sp³-hybridized carbons (Fsp3) is 0.500. The minimum atomic E-state index is -3.33. The maximum absolute atomic E-state index is 13.0. The predicted molar refractivity (Wildman–Crippen MR) is 104 cm³/mol. The van der Waals surface area contributed by atoms with Gasteiger partial charge in [-0.05, 0) is 37.7 Å². The number of sulfonamides is 1. The molecule has 2 aliphatic heterocycles. The summed E-state index contributed by atoms with van der Waals surface area (Å²) in [6.07, 6.45) is 1.88. The standard InChI is InChI=1S/C20H25N3O4S/c1-15-13-18(21-27-15)20(24)22-10-8-17-14-23(28(25,26)19(17)9-11-22)12-7-16-5-3-2-4-6-16/h2-6,13,17,19H,7-12,14H2,1H3/t17-,19-/m1/s1. The number of likely N-dealkylation sites (tertiary alicyclic amines) is 1. The van der Waals surface area contributed by atoms with Crippen molar-refractivity contribution < 1.29 is 17.7 Å². The van der Waals surface area contributed by atoms with Crippen LogP contribution in [-0.4, -0.2) is 60.1 Å². The van der Waals surface area contributed by atoms with Crippen LogP contribution in [0.1, 0.15) is 34.7 Å². The first-order valence-electron chi connectivity index (χ1n) is 9.70. The first kappa shape index (κ1) is 19.1. The second-order valence-corrected chi connectivity index (χ2v) is 9.78. The second kappa shape index (κ2) is 7.67. The Labute approximate surface area is 165 Å². The molecule has 4 rings (SSSR count). The molecule has 28 heavy (non-hydrogen) atoms. The maximum Gasteiger partial charge on any atom is 0.276 e. The number of carbonyl (C=O) groups is 1. The highest BCUT2D eigenvalue weighted by molar-refractivity contribution is 7.90. The molecular formula is C20H25N3O4S. The molecule has 0 radical (unpaired) electrons. The molecule has 0 N–H and O–H groups in total. The highest BCUT2D eigenvalue weighted by Gasteiger charge is 2.47. The van der Waals surface area contributed by atoms with Crippen molar-refractivity contribution in [2.24, 2.45) is 5.92 Å². The van der Waals surface area contributed by atoms with Crippen molar-refractivity contribution in [2.45, 2.75) is 31.4 Å². The number of benzene rings is 1. The lowest BCUT2D eigenvalue weighted by atomic mass is 10.0. The number of aromatic nitrogens is 1. The summed E-state index contributed by atoms with van der Waals surface area (Å²) in [5, 5.41) is 3.39. The zero-order chi connectivity index (χ0) is 19.7. The van der Waals surface area contributed by atoms with E-state index in [0.29, 0.717) is 44.8 Å². The van der Waals surface area contributed by atoms with Gasteiger partial charge in [-0.15, -0.1) is 0 Å². The van der Waals surface area contributed by atoms with E-state index in [4.69, 9.17) is 4.52 Å². The molecule has 0 bridgehead atoms. The van der Waals surface area contributed by atoms with E-state index in [2.05, 4.69) is 5.16 Å². The third-order valence-corrected chi connectivity index (χ3v) is 8.22. The Morgan fingerprint density at radius 2 is 1.96 bits per heavy atom. The number of aryl methyl sites for hydroxylation is 1. The van der Waals surface area contributed by atoms with Gasteiger partial charge in [0.2, 0.25) is 10.0 Å². The van der Waals surface area contributed by atoms with Crippen LogP contribution in [0, 0.1) is 12.8 Å². The van der Waals surface area contributed by atoms with Gasteiger partial charge in [0.15, 0.2) is 5.69 Å². The van der Waals surface area contributed by atoms with Crippen LogP contribution in [-0.2, 0) is 16.4 Å². The Morgan fingerprint density at radius 1 is 1.21 bits per heavy atom. The molecule has 2 aromatic rings. The Hall–Kier alpha value is -2.19. The van der Waals surface area contributed by atoms with Crippen LogP contribution in [0.4, 0.5) is 0 Å². The first-order valence-corrected chi connectivity index (χ1v) is 11.2. The van der Waals surface area contributed by atoms with Gasteiger partial charge in [0.25, 0.3) is 5.91 Å². The van der Waals surface area contributed by atoms with Crippen molar-refractivity contribution in [1.82, 2.24) is 14.4 Å². The Balaban J connectivity index is 1.41. The van der Waals surface area contributed by atoms with Crippen molar-refractivity contribution in [3.8, 4) is 0 Å². The molecule has 2 aliphatic rings. The average Bonchev–Trinajstić information content (AvgIpc) is 3.13. The van der Waals surface area contributed by atoms with Gasteiger partial charge in [-0.1, -0.05) is 35.5 Å². The second-order valence-electron chi connectivity index (χ2n) is 7.63. The molecule has 1 amide bonds. The normalized spacial score (nSPS) is 24.7. The maximum atomic E-state index is 13.0. The van der Waals surface area contributed by atoms with Gasteiger partial charge < -0.3 is 9.42 Å². The van der Waals surface area contributed by atoms with Crippen molar-refractivity contribution in [3.05, 3.63) is 53.4 Å². The summed E-state index contributed by atoms with van der Waals surface area (Å²) in [7, 11) is -3.33. The van der Waals surface area contributed by atoms with E-state index in [9.17, 15) is 13.2 Å². The SMILES string of the molecule is Cc1cc(C(=O)N2CC[C@@H]3CN(CCc4ccccc4)S(=O)(=O)[C@@H]3CC2)no1. The molecular weight excluding hydrogens is 378 g/mol. The highest BCUT2D eigenvalue weighted by atomic mass is 32.2. The lowest BCUT2D eigenvalue weighted by Gasteiger charge is -2.21. The molecule has 1 aromatic heterocycles. The highest BCUT2D eigenvalue weighted by Crippen LogP contribution is 2.34. The van der Waals surface area contributed by atoms with Crippen LogP contribution in [0.5, 0.6) is 0 Å².